The third-order valence-corrected chi connectivity index (χ3v) is 6.29. The molecule has 0 bridgehead atoms. The van der Waals surface area contributed by atoms with Crippen molar-refractivity contribution in [2.45, 2.75) is 14.9 Å². The summed E-state index contributed by atoms with van der Waals surface area (Å²) in [5, 5.41) is 8.46. The van der Waals surface area contributed by atoms with Crippen molar-refractivity contribution in [1.82, 2.24) is 24.7 Å². The van der Waals surface area contributed by atoms with E-state index in [9.17, 15) is 13.2 Å². The van der Waals surface area contributed by atoms with Gasteiger partial charge in [0.25, 0.3) is 10.0 Å². The van der Waals surface area contributed by atoms with E-state index >= 15 is 0 Å². The molecule has 2 aromatic carbocycles. The van der Waals surface area contributed by atoms with Crippen LogP contribution in [0.15, 0.2) is 68.5 Å². The largest absolute Gasteiger partial charge is 0.323 e. The van der Waals surface area contributed by atoms with E-state index in [1.807, 2.05) is 13.1 Å². The molecule has 4 rings (SSSR count). The highest BCUT2D eigenvalue weighted by atomic mass is 32.2. The van der Waals surface area contributed by atoms with Crippen molar-refractivity contribution in [2.75, 3.05) is 4.72 Å². The highest BCUT2D eigenvalue weighted by Gasteiger charge is 2.18. The molecular formula is C16H14N6O3S2. The van der Waals surface area contributed by atoms with Gasteiger partial charge in [-0.1, -0.05) is 12.1 Å². The summed E-state index contributed by atoms with van der Waals surface area (Å²) in [5.74, 6) is 0. The molecule has 27 heavy (non-hydrogen) atoms. The molecule has 0 radical (unpaired) electrons. The molecular weight excluding hydrogens is 388 g/mol. The minimum Gasteiger partial charge on any atom is -0.311 e. The van der Waals surface area contributed by atoms with Gasteiger partial charge < -0.3 is 14.5 Å². The Morgan fingerprint density at radius 1 is 1.11 bits per heavy atom. The number of hydrogen-bond donors (Lipinski definition) is 3. The summed E-state index contributed by atoms with van der Waals surface area (Å²) in [6.45, 7) is 0. The Morgan fingerprint density at radius 3 is 2.67 bits per heavy atom. The third-order valence-electron chi connectivity index (χ3n) is 3.80. The van der Waals surface area contributed by atoms with E-state index in [2.05, 4.69) is 24.9 Å². The first-order chi connectivity index (χ1) is 12.9. The molecule has 0 saturated carbocycles. The van der Waals surface area contributed by atoms with E-state index in [1.54, 1.807) is 35.2 Å². The smallest absolute Gasteiger partial charge is 0.311 e. The highest BCUT2D eigenvalue weighted by molar-refractivity contribution is 7.99. The van der Waals surface area contributed by atoms with Crippen LogP contribution >= 0.6 is 11.8 Å². The number of nitrogens with zero attached hydrogens (tertiary/aromatic N) is 3. The lowest BCUT2D eigenvalue weighted by Crippen LogP contribution is -2.13. The van der Waals surface area contributed by atoms with Gasteiger partial charge in [0.1, 0.15) is 6.33 Å². The van der Waals surface area contributed by atoms with E-state index in [0.29, 0.717) is 26.8 Å². The Bertz CT molecular complexity index is 1290. The number of anilines is 1. The number of benzene rings is 2. The molecule has 0 spiro atoms. The van der Waals surface area contributed by atoms with Gasteiger partial charge in [0.05, 0.1) is 21.6 Å². The summed E-state index contributed by atoms with van der Waals surface area (Å²) in [6.07, 6.45) is 1.57. The topological polar surface area (TPSA) is 126 Å². The lowest BCUT2D eigenvalue weighted by atomic mass is 10.3. The number of nitrogens with one attached hydrogen (secondary N) is 3. The van der Waals surface area contributed by atoms with Gasteiger partial charge in [0, 0.05) is 11.9 Å². The van der Waals surface area contributed by atoms with Crippen LogP contribution in [0.2, 0.25) is 0 Å². The standard InChI is InChI=1S/C16H14N6O3S2/c1-22-9-17-20-16(22)26-14-5-3-2-4-12(14)21-27(24,25)10-6-7-11-13(8-10)19-15(23)18-11/h2-9,21H,1H3,(H2,18,19,23). The van der Waals surface area contributed by atoms with Crippen molar-refractivity contribution in [3.8, 4) is 0 Å². The Balaban J connectivity index is 1.68. The van der Waals surface area contributed by atoms with Gasteiger partial charge in [0.15, 0.2) is 5.16 Å². The quantitative estimate of drug-likeness (QED) is 0.468. The number of aromatic amines is 2. The normalized spacial score (nSPS) is 11.7. The highest BCUT2D eigenvalue weighted by Crippen LogP contribution is 2.33. The third kappa shape index (κ3) is 3.46. The van der Waals surface area contributed by atoms with E-state index in [-0.39, 0.29) is 4.90 Å². The van der Waals surface area contributed by atoms with Crippen LogP contribution in [-0.4, -0.2) is 33.2 Å². The van der Waals surface area contributed by atoms with Gasteiger partial charge in [-0.05, 0) is 42.1 Å². The van der Waals surface area contributed by atoms with Crippen molar-refractivity contribution in [1.29, 1.82) is 0 Å². The van der Waals surface area contributed by atoms with Crippen molar-refractivity contribution in [3.63, 3.8) is 0 Å². The molecule has 2 heterocycles. The van der Waals surface area contributed by atoms with Gasteiger partial charge in [-0.15, -0.1) is 10.2 Å². The second-order valence-electron chi connectivity index (χ2n) is 5.71. The van der Waals surface area contributed by atoms with Crippen molar-refractivity contribution in [3.05, 3.63) is 59.3 Å². The Hall–Kier alpha value is -3.05. The van der Waals surface area contributed by atoms with Crippen molar-refractivity contribution < 1.29 is 8.42 Å². The van der Waals surface area contributed by atoms with Crippen LogP contribution in [0.25, 0.3) is 11.0 Å². The molecule has 2 aromatic heterocycles. The zero-order valence-corrected chi connectivity index (χ0v) is 15.6. The first-order valence-corrected chi connectivity index (χ1v) is 10.1. The molecule has 3 N–H and O–H groups in total. The molecule has 0 aliphatic rings. The molecule has 0 saturated heterocycles. The molecule has 0 amide bonds. The number of imidazole rings is 1. The molecule has 0 atom stereocenters. The van der Waals surface area contributed by atoms with E-state index < -0.39 is 15.7 Å². The van der Waals surface area contributed by atoms with E-state index in [4.69, 9.17) is 0 Å². The number of sulfonamides is 1. The van der Waals surface area contributed by atoms with E-state index in [0.717, 1.165) is 0 Å². The lowest BCUT2D eigenvalue weighted by molar-refractivity contribution is 0.601. The van der Waals surface area contributed by atoms with Crippen molar-refractivity contribution in [2.24, 2.45) is 7.05 Å². The zero-order valence-electron chi connectivity index (χ0n) is 14.0. The molecule has 11 heteroatoms. The van der Waals surface area contributed by atoms with Gasteiger partial charge in [-0.3, -0.25) is 4.72 Å². The maximum Gasteiger partial charge on any atom is 0.323 e. The maximum absolute atomic E-state index is 12.8. The average Bonchev–Trinajstić information content (AvgIpc) is 3.20. The van der Waals surface area contributed by atoms with Gasteiger partial charge in [-0.2, -0.15) is 0 Å². The summed E-state index contributed by atoms with van der Waals surface area (Å²) >= 11 is 1.30. The van der Waals surface area contributed by atoms with Crippen LogP contribution in [-0.2, 0) is 17.1 Å². The van der Waals surface area contributed by atoms with Gasteiger partial charge in [-0.25, -0.2) is 13.2 Å². The summed E-state index contributed by atoms with van der Waals surface area (Å²) in [4.78, 5) is 17.2. The molecule has 0 aliphatic carbocycles. The molecule has 4 aromatic rings. The van der Waals surface area contributed by atoms with Crippen LogP contribution in [0.1, 0.15) is 0 Å². The first-order valence-electron chi connectivity index (χ1n) is 7.78. The molecule has 138 valence electrons. The Morgan fingerprint density at radius 2 is 1.89 bits per heavy atom. The minimum atomic E-state index is -3.85. The number of aromatic nitrogens is 5. The summed E-state index contributed by atoms with van der Waals surface area (Å²) in [5.41, 5.74) is 0.993. The molecule has 0 aliphatic heterocycles. The fourth-order valence-corrected chi connectivity index (χ4v) is 4.51. The van der Waals surface area contributed by atoms with E-state index in [1.165, 1.54) is 23.9 Å². The summed E-state index contributed by atoms with van der Waals surface area (Å²) < 4.78 is 30.0. The number of aryl methyl sites for hydroxylation is 1. The zero-order chi connectivity index (χ0) is 19.0. The van der Waals surface area contributed by atoms with Crippen LogP contribution in [0.4, 0.5) is 5.69 Å². The molecule has 0 unspecified atom stereocenters. The van der Waals surface area contributed by atoms with Crippen LogP contribution < -0.4 is 10.4 Å². The minimum absolute atomic E-state index is 0.0451. The average molecular weight is 402 g/mol. The Labute approximate surface area is 157 Å². The fourth-order valence-electron chi connectivity index (χ4n) is 2.49. The number of hydrogen-bond acceptors (Lipinski definition) is 6. The molecule has 0 fully saturated rings. The number of rotatable bonds is 5. The van der Waals surface area contributed by atoms with Crippen LogP contribution in [0.5, 0.6) is 0 Å². The predicted molar refractivity (Wildman–Crippen MR) is 101 cm³/mol. The Kier molecular flexibility index (Phi) is 4.24. The maximum atomic E-state index is 12.8. The summed E-state index contributed by atoms with van der Waals surface area (Å²) in [7, 11) is -2.04. The number of fused-ring (bicyclic) bond motifs is 1. The predicted octanol–water partition coefficient (Wildman–Crippen LogP) is 1.94. The van der Waals surface area contributed by atoms with Crippen LogP contribution in [0, 0.1) is 0 Å². The van der Waals surface area contributed by atoms with Crippen LogP contribution in [0.3, 0.4) is 0 Å². The monoisotopic (exact) mass is 402 g/mol. The number of H-pyrrole nitrogens is 2. The SMILES string of the molecule is Cn1cnnc1Sc1ccccc1NS(=O)(=O)c1ccc2[nH]c(=O)[nH]c2c1. The van der Waals surface area contributed by atoms with Gasteiger partial charge >= 0.3 is 5.69 Å². The lowest BCUT2D eigenvalue weighted by Gasteiger charge is -2.12. The van der Waals surface area contributed by atoms with Gasteiger partial charge in [0.2, 0.25) is 0 Å². The summed E-state index contributed by atoms with van der Waals surface area (Å²) in [6, 6.07) is 11.4. The first kappa shape index (κ1) is 17.4. The number of para-hydroxylation sites is 1. The van der Waals surface area contributed by atoms with Crippen molar-refractivity contribution >= 4 is 38.5 Å². The molecule has 9 nitrogen and oxygen atoms in total. The fraction of sp³-hybridized carbons (Fsp3) is 0.0625. The second kappa shape index (κ2) is 6.59. The second-order valence-corrected chi connectivity index (χ2v) is 8.41.